The van der Waals surface area contributed by atoms with Crippen LogP contribution in [0.1, 0.15) is 20.3 Å². The lowest BCUT2D eigenvalue weighted by molar-refractivity contribution is 0.139. The smallest absolute Gasteiger partial charge is 0.214 e. The Hall–Kier alpha value is -1.01. The van der Waals surface area contributed by atoms with Gasteiger partial charge in [-0.05, 0) is 35.3 Å². The molecule has 1 aromatic heterocycles. The highest BCUT2D eigenvalue weighted by molar-refractivity contribution is 9.10. The van der Waals surface area contributed by atoms with Crippen molar-refractivity contribution in [1.29, 1.82) is 0 Å². The van der Waals surface area contributed by atoms with Crippen molar-refractivity contribution < 1.29 is 4.74 Å². The van der Waals surface area contributed by atoms with Crippen LogP contribution in [0.4, 0.5) is 0 Å². The minimum Gasteiger partial charge on any atom is -0.458 e. The molecule has 2 nitrogen and oxygen atoms in total. The van der Waals surface area contributed by atoms with Gasteiger partial charge in [0.05, 0.1) is 0 Å². The van der Waals surface area contributed by atoms with Crippen molar-refractivity contribution in [2.75, 3.05) is 0 Å². The van der Waals surface area contributed by atoms with Crippen molar-refractivity contribution in [1.82, 2.24) is 4.98 Å². The van der Waals surface area contributed by atoms with E-state index in [1.165, 1.54) is 0 Å². The van der Waals surface area contributed by atoms with Crippen molar-refractivity contribution in [2.45, 2.75) is 25.9 Å². The van der Waals surface area contributed by atoms with Crippen LogP contribution in [0, 0.1) is 12.3 Å². The van der Waals surface area contributed by atoms with E-state index >= 15 is 0 Å². The predicted molar refractivity (Wildman–Crippen MR) is 60.1 cm³/mol. The van der Waals surface area contributed by atoms with E-state index in [2.05, 4.69) is 26.8 Å². The van der Waals surface area contributed by atoms with Gasteiger partial charge in [-0.25, -0.2) is 4.98 Å². The third-order valence-electron chi connectivity index (χ3n) is 2.01. The summed E-state index contributed by atoms with van der Waals surface area (Å²) in [5.41, 5.74) is -0.569. The molecule has 3 heteroatoms. The van der Waals surface area contributed by atoms with Gasteiger partial charge in [0.1, 0.15) is 0 Å². The number of hydrogen-bond acceptors (Lipinski definition) is 2. The van der Waals surface area contributed by atoms with Gasteiger partial charge in [-0.15, -0.1) is 6.42 Å². The molecule has 0 spiro atoms. The van der Waals surface area contributed by atoms with Crippen LogP contribution < -0.4 is 4.74 Å². The first-order valence-electron chi connectivity index (χ1n) is 4.38. The standard InChI is InChI=1S/C11H12BrNO/c1-4-11(3,5-2)14-10-7-6-9(12)8-13-10/h1,6-8H,5H2,2-3H3. The largest absolute Gasteiger partial charge is 0.458 e. The van der Waals surface area contributed by atoms with Gasteiger partial charge < -0.3 is 4.74 Å². The maximum Gasteiger partial charge on any atom is 0.214 e. The Labute approximate surface area is 92.8 Å². The van der Waals surface area contributed by atoms with Crippen LogP contribution in [-0.4, -0.2) is 10.6 Å². The third-order valence-corrected chi connectivity index (χ3v) is 2.48. The molecule has 0 aromatic carbocycles. The van der Waals surface area contributed by atoms with Crippen LogP contribution in [0.5, 0.6) is 5.88 Å². The quantitative estimate of drug-likeness (QED) is 0.773. The first-order chi connectivity index (χ1) is 6.59. The normalized spacial score (nSPS) is 14.1. The summed E-state index contributed by atoms with van der Waals surface area (Å²) in [6.07, 6.45) is 7.82. The van der Waals surface area contributed by atoms with Gasteiger partial charge in [-0.3, -0.25) is 0 Å². The Morgan fingerprint density at radius 3 is 2.79 bits per heavy atom. The van der Waals surface area contributed by atoms with Crippen molar-refractivity contribution in [3.8, 4) is 18.2 Å². The van der Waals surface area contributed by atoms with Gasteiger partial charge in [0.15, 0.2) is 5.60 Å². The lowest BCUT2D eigenvalue weighted by Gasteiger charge is -2.22. The van der Waals surface area contributed by atoms with Crippen LogP contribution in [-0.2, 0) is 0 Å². The zero-order valence-corrected chi connectivity index (χ0v) is 9.84. The molecule has 0 fully saturated rings. The summed E-state index contributed by atoms with van der Waals surface area (Å²) < 4.78 is 6.51. The van der Waals surface area contributed by atoms with Gasteiger partial charge in [0.25, 0.3) is 0 Å². The van der Waals surface area contributed by atoms with Crippen molar-refractivity contribution in [3.05, 3.63) is 22.8 Å². The predicted octanol–water partition coefficient (Wildman–Crippen LogP) is 3.02. The van der Waals surface area contributed by atoms with Crippen LogP contribution >= 0.6 is 15.9 Å². The Bertz CT molecular complexity index is 341. The molecule has 1 rings (SSSR count). The van der Waals surface area contributed by atoms with Crippen LogP contribution in [0.15, 0.2) is 22.8 Å². The maximum atomic E-state index is 5.59. The lowest BCUT2D eigenvalue weighted by atomic mass is 10.1. The fourth-order valence-electron chi connectivity index (χ4n) is 0.857. The molecule has 0 radical (unpaired) electrons. The number of terminal acetylenes is 1. The summed E-state index contributed by atoms with van der Waals surface area (Å²) in [5.74, 6) is 3.17. The molecule has 0 N–H and O–H groups in total. The minimum absolute atomic E-state index is 0.551. The fraction of sp³-hybridized carbons (Fsp3) is 0.364. The van der Waals surface area contributed by atoms with E-state index in [1.54, 1.807) is 12.3 Å². The van der Waals surface area contributed by atoms with E-state index in [4.69, 9.17) is 11.2 Å². The van der Waals surface area contributed by atoms with Crippen LogP contribution in [0.2, 0.25) is 0 Å². The molecule has 0 aliphatic carbocycles. The van der Waals surface area contributed by atoms with Gasteiger partial charge in [-0.1, -0.05) is 12.8 Å². The van der Waals surface area contributed by atoms with Gasteiger partial charge >= 0.3 is 0 Å². The SMILES string of the molecule is C#CC(C)(CC)Oc1ccc(Br)cn1. The summed E-state index contributed by atoms with van der Waals surface area (Å²) in [6.45, 7) is 3.86. The van der Waals surface area contributed by atoms with E-state index < -0.39 is 5.60 Å². The van der Waals surface area contributed by atoms with E-state index in [0.29, 0.717) is 5.88 Å². The molecule has 0 bridgehead atoms. The van der Waals surface area contributed by atoms with Gasteiger partial charge in [-0.2, -0.15) is 0 Å². The Kier molecular flexibility index (Phi) is 3.54. The monoisotopic (exact) mass is 253 g/mol. The number of halogens is 1. The molecule has 74 valence electrons. The van der Waals surface area contributed by atoms with E-state index in [0.717, 1.165) is 10.9 Å². The van der Waals surface area contributed by atoms with Gasteiger partial charge in [0, 0.05) is 16.7 Å². The number of nitrogens with zero attached hydrogens (tertiary/aromatic N) is 1. The Morgan fingerprint density at radius 2 is 2.36 bits per heavy atom. The molecule has 14 heavy (non-hydrogen) atoms. The first-order valence-corrected chi connectivity index (χ1v) is 5.17. The number of ether oxygens (including phenoxy) is 1. The highest BCUT2D eigenvalue weighted by Crippen LogP contribution is 2.19. The van der Waals surface area contributed by atoms with Gasteiger partial charge in [0.2, 0.25) is 5.88 Å². The van der Waals surface area contributed by atoms with Crippen molar-refractivity contribution in [3.63, 3.8) is 0 Å². The Morgan fingerprint density at radius 1 is 1.64 bits per heavy atom. The minimum atomic E-state index is -0.569. The zero-order valence-electron chi connectivity index (χ0n) is 8.25. The molecule has 1 aromatic rings. The molecule has 0 saturated heterocycles. The second-order valence-corrected chi connectivity index (χ2v) is 4.06. The maximum absolute atomic E-state index is 5.59. The highest BCUT2D eigenvalue weighted by atomic mass is 79.9. The molecular weight excluding hydrogens is 242 g/mol. The zero-order chi connectivity index (χ0) is 10.6. The van der Waals surface area contributed by atoms with Crippen LogP contribution in [0.25, 0.3) is 0 Å². The molecule has 0 aliphatic rings. The summed E-state index contributed by atoms with van der Waals surface area (Å²) in [5, 5.41) is 0. The van der Waals surface area contributed by atoms with E-state index in [-0.39, 0.29) is 0 Å². The number of rotatable bonds is 3. The van der Waals surface area contributed by atoms with Crippen molar-refractivity contribution in [2.24, 2.45) is 0 Å². The summed E-state index contributed by atoms with van der Waals surface area (Å²) >= 11 is 3.30. The highest BCUT2D eigenvalue weighted by Gasteiger charge is 2.20. The van der Waals surface area contributed by atoms with E-state index in [9.17, 15) is 0 Å². The first kappa shape index (κ1) is 11.1. The molecule has 1 atom stereocenters. The topological polar surface area (TPSA) is 22.1 Å². The number of pyridine rings is 1. The molecule has 0 aliphatic heterocycles. The molecule has 0 amide bonds. The van der Waals surface area contributed by atoms with E-state index in [1.807, 2.05) is 19.9 Å². The third kappa shape index (κ3) is 2.74. The number of aromatic nitrogens is 1. The summed E-state index contributed by atoms with van der Waals surface area (Å²) in [4.78, 5) is 4.09. The lowest BCUT2D eigenvalue weighted by Crippen LogP contribution is -2.29. The second kappa shape index (κ2) is 4.47. The van der Waals surface area contributed by atoms with Crippen LogP contribution in [0.3, 0.4) is 0 Å². The summed E-state index contributed by atoms with van der Waals surface area (Å²) in [6, 6.07) is 3.66. The Balaban J connectivity index is 2.79. The second-order valence-electron chi connectivity index (χ2n) is 3.15. The summed E-state index contributed by atoms with van der Waals surface area (Å²) in [7, 11) is 0. The molecule has 1 unspecified atom stereocenters. The average molecular weight is 254 g/mol. The van der Waals surface area contributed by atoms with Crippen molar-refractivity contribution >= 4 is 15.9 Å². The molecular formula is C11H12BrNO. The number of hydrogen-bond donors (Lipinski definition) is 0. The molecule has 0 saturated carbocycles. The molecule has 1 heterocycles. The average Bonchev–Trinajstić information content (AvgIpc) is 2.21. The fourth-order valence-corrected chi connectivity index (χ4v) is 1.09.